The molecular formula is C35H34N2O7. The minimum absolute atomic E-state index is 0.0105. The Balaban J connectivity index is 1.56. The van der Waals surface area contributed by atoms with Crippen molar-refractivity contribution in [1.82, 2.24) is 4.90 Å². The van der Waals surface area contributed by atoms with Crippen LogP contribution in [0.15, 0.2) is 97.1 Å². The van der Waals surface area contributed by atoms with E-state index in [0.29, 0.717) is 22.6 Å². The van der Waals surface area contributed by atoms with E-state index in [9.17, 15) is 19.5 Å². The molecule has 2 amide bonds. The Labute approximate surface area is 255 Å². The van der Waals surface area contributed by atoms with Gasteiger partial charge in [0.15, 0.2) is 0 Å². The smallest absolute Gasteiger partial charge is 0.411 e. The first-order valence-corrected chi connectivity index (χ1v) is 14.2. The number of ether oxygens (including phenoxy) is 3. The summed E-state index contributed by atoms with van der Waals surface area (Å²) in [5, 5.41) is 10.4. The number of carbonyl (C=O) groups is 3. The van der Waals surface area contributed by atoms with Crippen LogP contribution in [-0.2, 0) is 14.3 Å². The van der Waals surface area contributed by atoms with Gasteiger partial charge in [-0.15, -0.1) is 0 Å². The van der Waals surface area contributed by atoms with Crippen LogP contribution in [0.4, 0.5) is 4.79 Å². The summed E-state index contributed by atoms with van der Waals surface area (Å²) in [4.78, 5) is 40.0. The Hall–Kier alpha value is -5.31. The SMILES string of the molecule is COc1ccc(C(c2ccc(OC)cc2)N(C(=O)OCC2c3ccccc3-c3ccccc32)[C@H](CCC(N)=O)C(=O)O)cc1. The molecule has 0 unspecified atom stereocenters. The fourth-order valence-corrected chi connectivity index (χ4v) is 5.83. The maximum absolute atomic E-state index is 14.2. The van der Waals surface area contributed by atoms with Gasteiger partial charge in [-0.25, -0.2) is 9.59 Å². The second kappa shape index (κ2) is 13.3. The van der Waals surface area contributed by atoms with E-state index in [4.69, 9.17) is 19.9 Å². The average molecular weight is 595 g/mol. The Morgan fingerprint density at radius 3 is 1.68 bits per heavy atom. The lowest BCUT2D eigenvalue weighted by atomic mass is 9.94. The highest BCUT2D eigenvalue weighted by molar-refractivity contribution is 5.83. The van der Waals surface area contributed by atoms with Crippen molar-refractivity contribution in [2.75, 3.05) is 20.8 Å². The van der Waals surface area contributed by atoms with Crippen molar-refractivity contribution >= 4 is 18.0 Å². The quantitative estimate of drug-likeness (QED) is 0.213. The van der Waals surface area contributed by atoms with E-state index >= 15 is 0 Å². The Morgan fingerprint density at radius 1 is 0.773 bits per heavy atom. The predicted molar refractivity (Wildman–Crippen MR) is 165 cm³/mol. The van der Waals surface area contributed by atoms with E-state index < -0.39 is 30.1 Å². The molecule has 0 bridgehead atoms. The Bertz CT molecular complexity index is 1540. The van der Waals surface area contributed by atoms with Crippen molar-refractivity contribution in [3.05, 3.63) is 119 Å². The molecule has 226 valence electrons. The molecular weight excluding hydrogens is 560 g/mol. The number of amides is 2. The molecule has 0 heterocycles. The lowest BCUT2D eigenvalue weighted by Crippen LogP contribution is -2.48. The monoisotopic (exact) mass is 594 g/mol. The molecule has 3 N–H and O–H groups in total. The number of nitrogens with zero attached hydrogens (tertiary/aromatic N) is 1. The molecule has 9 heteroatoms. The molecule has 9 nitrogen and oxygen atoms in total. The van der Waals surface area contributed by atoms with E-state index in [1.807, 2.05) is 48.5 Å². The Kier molecular flexibility index (Phi) is 9.14. The molecule has 44 heavy (non-hydrogen) atoms. The molecule has 5 rings (SSSR count). The predicted octanol–water partition coefficient (Wildman–Crippen LogP) is 5.76. The van der Waals surface area contributed by atoms with Crippen molar-refractivity contribution in [1.29, 1.82) is 0 Å². The van der Waals surface area contributed by atoms with Crippen molar-refractivity contribution < 1.29 is 33.7 Å². The summed E-state index contributed by atoms with van der Waals surface area (Å²) < 4.78 is 16.7. The van der Waals surface area contributed by atoms with Crippen molar-refractivity contribution in [2.45, 2.75) is 30.8 Å². The van der Waals surface area contributed by atoms with Gasteiger partial charge >= 0.3 is 12.1 Å². The molecule has 1 atom stereocenters. The zero-order chi connectivity index (χ0) is 31.2. The van der Waals surface area contributed by atoms with Crippen molar-refractivity contribution in [2.24, 2.45) is 5.73 Å². The number of methoxy groups -OCH3 is 2. The third-order valence-electron chi connectivity index (χ3n) is 7.97. The van der Waals surface area contributed by atoms with Gasteiger partial charge in [-0.2, -0.15) is 0 Å². The number of carboxylic acids is 1. The molecule has 0 aliphatic heterocycles. The number of fused-ring (bicyclic) bond motifs is 3. The van der Waals surface area contributed by atoms with Crippen molar-refractivity contribution in [3.63, 3.8) is 0 Å². The summed E-state index contributed by atoms with van der Waals surface area (Å²) in [6.07, 6.45) is -1.26. The van der Waals surface area contributed by atoms with Crippen LogP contribution < -0.4 is 15.2 Å². The van der Waals surface area contributed by atoms with Gasteiger partial charge in [0.25, 0.3) is 0 Å². The number of rotatable bonds is 12. The zero-order valence-electron chi connectivity index (χ0n) is 24.5. The van der Waals surface area contributed by atoms with Crippen LogP contribution in [0.3, 0.4) is 0 Å². The lowest BCUT2D eigenvalue weighted by molar-refractivity contribution is -0.143. The number of hydrogen-bond acceptors (Lipinski definition) is 6. The highest BCUT2D eigenvalue weighted by Crippen LogP contribution is 2.45. The number of aliphatic carboxylic acids is 1. The van der Waals surface area contributed by atoms with E-state index in [-0.39, 0.29) is 25.4 Å². The first-order chi connectivity index (χ1) is 21.3. The first kappa shape index (κ1) is 30.2. The normalized spacial score (nSPS) is 12.6. The molecule has 0 aromatic heterocycles. The summed E-state index contributed by atoms with van der Waals surface area (Å²) in [6.45, 7) is -0.0105. The fraction of sp³-hybridized carbons (Fsp3) is 0.229. The van der Waals surface area contributed by atoms with Crippen LogP contribution in [0.2, 0.25) is 0 Å². The number of benzene rings is 4. The molecule has 0 spiro atoms. The highest BCUT2D eigenvalue weighted by Gasteiger charge is 2.39. The van der Waals surface area contributed by atoms with Gasteiger partial charge < -0.3 is 25.1 Å². The number of carbonyl (C=O) groups excluding carboxylic acids is 2. The molecule has 4 aromatic rings. The van der Waals surface area contributed by atoms with Gasteiger partial charge in [-0.1, -0.05) is 72.8 Å². The van der Waals surface area contributed by atoms with Gasteiger partial charge in [-0.05, 0) is 64.1 Å². The van der Waals surface area contributed by atoms with Gasteiger partial charge in [0.05, 0.1) is 20.3 Å². The highest BCUT2D eigenvalue weighted by atomic mass is 16.6. The van der Waals surface area contributed by atoms with Gasteiger partial charge in [0.1, 0.15) is 24.1 Å². The summed E-state index contributed by atoms with van der Waals surface area (Å²) in [6, 6.07) is 27.6. The zero-order valence-corrected chi connectivity index (χ0v) is 24.5. The topological polar surface area (TPSA) is 128 Å². The van der Waals surface area contributed by atoms with E-state index in [1.54, 1.807) is 62.8 Å². The summed E-state index contributed by atoms with van der Waals surface area (Å²) >= 11 is 0. The molecule has 1 aliphatic carbocycles. The standard InChI is InChI=1S/C35H34N2O7/c1-42-24-15-11-22(12-16-24)33(23-13-17-25(43-2)18-14-23)37(31(34(39)40)19-20-32(36)38)35(41)44-21-30-28-9-5-3-7-26(28)27-8-4-6-10-29(27)30/h3-18,30-31,33H,19-21H2,1-2H3,(H2,36,38)(H,39,40)/t31-/m1/s1. The summed E-state index contributed by atoms with van der Waals surface area (Å²) in [7, 11) is 3.09. The van der Waals surface area contributed by atoms with Crippen LogP contribution in [-0.4, -0.2) is 54.8 Å². The van der Waals surface area contributed by atoms with Gasteiger partial charge in [0.2, 0.25) is 5.91 Å². The van der Waals surface area contributed by atoms with Crippen LogP contribution in [0, 0.1) is 0 Å². The minimum atomic E-state index is -1.42. The summed E-state index contributed by atoms with van der Waals surface area (Å²) in [5.74, 6) is -1.000. The Morgan fingerprint density at radius 2 is 1.25 bits per heavy atom. The molecule has 0 saturated heterocycles. The second-order valence-electron chi connectivity index (χ2n) is 10.5. The molecule has 0 fully saturated rings. The number of nitrogens with two attached hydrogens (primary N) is 1. The largest absolute Gasteiger partial charge is 0.497 e. The number of carboxylic acid groups (broad SMARTS) is 1. The summed E-state index contributed by atoms with van der Waals surface area (Å²) in [5.41, 5.74) is 10.8. The molecule has 1 aliphatic rings. The van der Waals surface area contributed by atoms with Crippen LogP contribution in [0.5, 0.6) is 11.5 Å². The third kappa shape index (κ3) is 6.22. The van der Waals surface area contributed by atoms with E-state index in [2.05, 4.69) is 0 Å². The average Bonchev–Trinajstić information content (AvgIpc) is 3.36. The molecule has 0 saturated carbocycles. The maximum atomic E-state index is 14.2. The first-order valence-electron chi connectivity index (χ1n) is 14.2. The van der Waals surface area contributed by atoms with Crippen LogP contribution in [0.1, 0.15) is 47.1 Å². The number of primary amides is 1. The maximum Gasteiger partial charge on any atom is 0.411 e. The van der Waals surface area contributed by atoms with E-state index in [1.165, 1.54) is 4.90 Å². The number of hydrogen-bond donors (Lipinski definition) is 2. The molecule has 0 radical (unpaired) electrons. The van der Waals surface area contributed by atoms with E-state index in [0.717, 1.165) is 22.3 Å². The van der Waals surface area contributed by atoms with Crippen LogP contribution >= 0.6 is 0 Å². The minimum Gasteiger partial charge on any atom is -0.497 e. The van der Waals surface area contributed by atoms with Crippen LogP contribution in [0.25, 0.3) is 11.1 Å². The lowest BCUT2D eigenvalue weighted by Gasteiger charge is -2.36. The third-order valence-corrected chi connectivity index (χ3v) is 7.97. The van der Waals surface area contributed by atoms with Crippen molar-refractivity contribution in [3.8, 4) is 22.6 Å². The van der Waals surface area contributed by atoms with Gasteiger partial charge in [0, 0.05) is 12.3 Å². The second-order valence-corrected chi connectivity index (χ2v) is 10.5. The van der Waals surface area contributed by atoms with Gasteiger partial charge in [-0.3, -0.25) is 9.69 Å². The fourth-order valence-electron chi connectivity index (χ4n) is 5.83. The molecule has 4 aromatic carbocycles.